The topological polar surface area (TPSA) is 86.5 Å². The van der Waals surface area contributed by atoms with Gasteiger partial charge in [-0.1, -0.05) is 18.2 Å². The van der Waals surface area contributed by atoms with Gasteiger partial charge in [0.15, 0.2) is 23.0 Å². The number of fused-ring (bicyclic) bond motifs is 2. The van der Waals surface area contributed by atoms with Crippen molar-refractivity contribution >= 4 is 23.1 Å². The molecule has 8 heteroatoms. The first-order chi connectivity index (χ1) is 13.4. The second kappa shape index (κ2) is 6.41. The van der Waals surface area contributed by atoms with Crippen molar-refractivity contribution in [3.8, 4) is 17.2 Å². The van der Waals surface area contributed by atoms with Crippen LogP contribution in [-0.4, -0.2) is 32.8 Å². The highest BCUT2D eigenvalue weighted by Gasteiger charge is 2.13. The summed E-state index contributed by atoms with van der Waals surface area (Å²) in [5.74, 6) is 2.04. The normalized spacial score (nSPS) is 12.7. The molecule has 3 heterocycles. The molecule has 1 N–H and O–H groups in total. The molecule has 0 amide bonds. The lowest BCUT2D eigenvalue weighted by atomic mass is 10.2. The Labute approximate surface area is 154 Å². The zero-order valence-electron chi connectivity index (χ0n) is 14.1. The fraction of sp³-hybridized carbons (Fsp3) is 0.0526. The molecule has 0 spiro atoms. The Morgan fingerprint density at radius 3 is 2.85 bits per heavy atom. The van der Waals surface area contributed by atoms with E-state index < -0.39 is 0 Å². The molecule has 1 aliphatic rings. The van der Waals surface area contributed by atoms with Crippen molar-refractivity contribution in [1.82, 2.24) is 19.7 Å². The molecule has 0 bridgehead atoms. The fourth-order valence-corrected chi connectivity index (χ4v) is 2.85. The summed E-state index contributed by atoms with van der Waals surface area (Å²) < 4.78 is 12.4. The lowest BCUT2D eigenvalue weighted by molar-refractivity contribution is 0.174. The molecule has 4 aromatic rings. The average molecular weight is 358 g/mol. The minimum absolute atomic E-state index is 0.249. The van der Waals surface area contributed by atoms with Crippen molar-refractivity contribution in [1.29, 1.82) is 0 Å². The lowest BCUT2D eigenvalue weighted by Crippen LogP contribution is -1.99. The van der Waals surface area contributed by atoms with E-state index in [9.17, 15) is 0 Å². The van der Waals surface area contributed by atoms with Gasteiger partial charge in [0.2, 0.25) is 6.79 Å². The predicted octanol–water partition coefficient (Wildman–Crippen LogP) is 2.99. The number of hydrogen-bond donors (Lipinski definition) is 1. The summed E-state index contributed by atoms with van der Waals surface area (Å²) >= 11 is 0. The van der Waals surface area contributed by atoms with Crippen LogP contribution in [0.15, 0.2) is 66.2 Å². The van der Waals surface area contributed by atoms with Crippen LogP contribution in [0, 0.1) is 0 Å². The molecular weight excluding hydrogens is 344 g/mol. The summed E-state index contributed by atoms with van der Waals surface area (Å²) in [7, 11) is 0. The SMILES string of the molecule is C(=NNc1ncnc2c1cnn2-c1ccccc1)c1ccc2c(c1)OCO2. The molecule has 1 aliphatic heterocycles. The quantitative estimate of drug-likeness (QED) is 0.446. The molecule has 0 unspecified atom stereocenters. The van der Waals surface area contributed by atoms with E-state index in [0.29, 0.717) is 17.2 Å². The highest BCUT2D eigenvalue weighted by molar-refractivity contribution is 5.88. The Morgan fingerprint density at radius 2 is 1.93 bits per heavy atom. The van der Waals surface area contributed by atoms with E-state index in [2.05, 4.69) is 25.6 Å². The summed E-state index contributed by atoms with van der Waals surface area (Å²) in [6.45, 7) is 0.249. The molecule has 2 aromatic heterocycles. The van der Waals surface area contributed by atoms with Crippen LogP contribution in [0.1, 0.15) is 5.56 Å². The number of ether oxygens (including phenoxy) is 2. The van der Waals surface area contributed by atoms with Crippen molar-refractivity contribution in [3.05, 3.63) is 66.6 Å². The van der Waals surface area contributed by atoms with Gasteiger partial charge in [0, 0.05) is 0 Å². The molecule has 0 atom stereocenters. The van der Waals surface area contributed by atoms with Crippen LogP contribution in [-0.2, 0) is 0 Å². The first-order valence-corrected chi connectivity index (χ1v) is 8.31. The van der Waals surface area contributed by atoms with Crippen LogP contribution in [0.3, 0.4) is 0 Å². The van der Waals surface area contributed by atoms with Crippen molar-refractivity contribution in [2.45, 2.75) is 0 Å². The van der Waals surface area contributed by atoms with Gasteiger partial charge in [-0.2, -0.15) is 10.2 Å². The van der Waals surface area contributed by atoms with Crippen LogP contribution in [0.5, 0.6) is 11.5 Å². The average Bonchev–Trinajstić information content (AvgIpc) is 3.35. The third-order valence-corrected chi connectivity index (χ3v) is 4.15. The summed E-state index contributed by atoms with van der Waals surface area (Å²) in [6, 6.07) is 15.5. The molecule has 0 aliphatic carbocycles. The first-order valence-electron chi connectivity index (χ1n) is 8.31. The summed E-state index contributed by atoms with van der Waals surface area (Å²) in [4.78, 5) is 8.62. The summed E-state index contributed by atoms with van der Waals surface area (Å²) in [5.41, 5.74) is 5.48. The Balaban J connectivity index is 1.42. The van der Waals surface area contributed by atoms with Gasteiger partial charge < -0.3 is 9.47 Å². The fourth-order valence-electron chi connectivity index (χ4n) is 2.85. The van der Waals surface area contributed by atoms with Gasteiger partial charge in [0.1, 0.15) is 6.33 Å². The Morgan fingerprint density at radius 1 is 1.04 bits per heavy atom. The van der Waals surface area contributed by atoms with Crippen LogP contribution in [0.4, 0.5) is 5.82 Å². The Kier molecular flexibility index (Phi) is 3.64. The van der Waals surface area contributed by atoms with E-state index >= 15 is 0 Å². The molecule has 0 radical (unpaired) electrons. The van der Waals surface area contributed by atoms with Crippen molar-refractivity contribution in [3.63, 3.8) is 0 Å². The maximum absolute atomic E-state index is 5.37. The highest BCUT2D eigenvalue weighted by atomic mass is 16.7. The minimum atomic E-state index is 0.249. The number of rotatable bonds is 4. The molecular formula is C19H14N6O2. The second-order valence-corrected chi connectivity index (χ2v) is 5.83. The molecule has 132 valence electrons. The van der Waals surface area contributed by atoms with Crippen molar-refractivity contribution in [2.75, 3.05) is 12.2 Å². The number of hydrazone groups is 1. The van der Waals surface area contributed by atoms with Crippen molar-refractivity contribution in [2.24, 2.45) is 5.10 Å². The second-order valence-electron chi connectivity index (χ2n) is 5.83. The predicted molar refractivity (Wildman–Crippen MR) is 100 cm³/mol. The van der Waals surface area contributed by atoms with Crippen LogP contribution >= 0.6 is 0 Å². The molecule has 8 nitrogen and oxygen atoms in total. The van der Waals surface area contributed by atoms with Gasteiger partial charge in [-0.15, -0.1) is 0 Å². The monoisotopic (exact) mass is 358 g/mol. The van der Waals surface area contributed by atoms with Gasteiger partial charge in [0.05, 0.1) is 23.5 Å². The van der Waals surface area contributed by atoms with Gasteiger partial charge in [-0.05, 0) is 35.9 Å². The Hall–Kier alpha value is -3.94. The van der Waals surface area contributed by atoms with Crippen LogP contribution in [0.25, 0.3) is 16.7 Å². The number of anilines is 1. The van der Waals surface area contributed by atoms with Gasteiger partial charge in [-0.25, -0.2) is 14.6 Å². The van der Waals surface area contributed by atoms with Crippen LogP contribution < -0.4 is 14.9 Å². The lowest BCUT2D eigenvalue weighted by Gasteiger charge is -2.03. The van der Waals surface area contributed by atoms with E-state index in [4.69, 9.17) is 9.47 Å². The highest BCUT2D eigenvalue weighted by Crippen LogP contribution is 2.32. The van der Waals surface area contributed by atoms with Gasteiger partial charge >= 0.3 is 0 Å². The number of nitrogens with one attached hydrogen (secondary N) is 1. The van der Waals surface area contributed by atoms with E-state index in [1.807, 2.05) is 48.5 Å². The maximum atomic E-state index is 5.37. The van der Waals surface area contributed by atoms with Crippen molar-refractivity contribution < 1.29 is 9.47 Å². The van der Waals surface area contributed by atoms with E-state index in [-0.39, 0.29) is 6.79 Å². The van der Waals surface area contributed by atoms with Crippen LogP contribution in [0.2, 0.25) is 0 Å². The number of para-hydroxylation sites is 1. The molecule has 5 rings (SSSR count). The minimum Gasteiger partial charge on any atom is -0.454 e. The standard InChI is InChI=1S/C19H14N6O2/c1-2-4-14(5-3-1)25-19-15(10-23-25)18(20-11-21-19)24-22-9-13-6-7-16-17(8-13)27-12-26-16/h1-11H,12H2,(H,20,21,24). The largest absolute Gasteiger partial charge is 0.454 e. The smallest absolute Gasteiger partial charge is 0.231 e. The molecule has 27 heavy (non-hydrogen) atoms. The molecule has 2 aromatic carbocycles. The first kappa shape index (κ1) is 15.3. The number of nitrogens with zero attached hydrogens (tertiary/aromatic N) is 5. The summed E-state index contributed by atoms with van der Waals surface area (Å²) in [6.07, 6.45) is 4.90. The summed E-state index contributed by atoms with van der Waals surface area (Å²) in [5, 5.41) is 9.48. The number of aromatic nitrogens is 4. The third-order valence-electron chi connectivity index (χ3n) is 4.15. The Bertz CT molecular complexity index is 1140. The zero-order chi connectivity index (χ0) is 18.1. The molecule has 0 saturated heterocycles. The molecule has 0 fully saturated rings. The molecule has 0 saturated carbocycles. The number of benzene rings is 2. The maximum Gasteiger partial charge on any atom is 0.231 e. The van der Waals surface area contributed by atoms with Gasteiger partial charge in [0.25, 0.3) is 0 Å². The van der Waals surface area contributed by atoms with E-state index in [1.165, 1.54) is 6.33 Å². The van der Waals surface area contributed by atoms with Gasteiger partial charge in [-0.3, -0.25) is 5.43 Å². The third kappa shape index (κ3) is 2.82. The van der Waals surface area contributed by atoms with E-state index in [0.717, 1.165) is 22.4 Å². The number of hydrogen-bond acceptors (Lipinski definition) is 7. The van der Waals surface area contributed by atoms with E-state index in [1.54, 1.807) is 17.1 Å². The zero-order valence-corrected chi connectivity index (χ0v) is 14.1.